The van der Waals surface area contributed by atoms with Gasteiger partial charge in [0, 0.05) is 5.56 Å². The summed E-state index contributed by atoms with van der Waals surface area (Å²) in [5.74, 6) is -0.139. The van der Waals surface area contributed by atoms with E-state index in [-0.39, 0.29) is 5.78 Å². The summed E-state index contributed by atoms with van der Waals surface area (Å²) in [4.78, 5) is 11.0. The van der Waals surface area contributed by atoms with Crippen LogP contribution in [0, 0.1) is 0 Å². The Morgan fingerprint density at radius 3 is 2.42 bits per heavy atom. The van der Waals surface area contributed by atoms with Gasteiger partial charge in [0.15, 0.2) is 5.78 Å². The fourth-order valence-electron chi connectivity index (χ4n) is 0.876. The van der Waals surface area contributed by atoms with E-state index >= 15 is 0 Å². The summed E-state index contributed by atoms with van der Waals surface area (Å²) < 4.78 is 12.0. The van der Waals surface area contributed by atoms with Gasteiger partial charge in [-0.15, -0.1) is 0 Å². The van der Waals surface area contributed by atoms with Crippen LogP contribution < -0.4 is 0 Å². The van der Waals surface area contributed by atoms with Gasteiger partial charge in [-0.25, -0.2) is 4.39 Å². The molecule has 1 nitrogen and oxygen atoms in total. The topological polar surface area (TPSA) is 17.1 Å². The van der Waals surface area contributed by atoms with Crippen molar-refractivity contribution in [2.45, 2.75) is 6.67 Å². The molecule has 1 aromatic rings. The minimum atomic E-state index is -0.497. The quantitative estimate of drug-likeness (QED) is 0.495. The number of hydrogen-bond donors (Lipinski definition) is 0. The van der Waals surface area contributed by atoms with Gasteiger partial charge in [-0.1, -0.05) is 30.8 Å². The van der Waals surface area contributed by atoms with Crippen LogP contribution in [0.2, 0.25) is 0 Å². The summed E-state index contributed by atoms with van der Waals surface area (Å²) in [6.45, 7) is 2.86. The molecule has 0 unspecified atom stereocenters. The normalized spacial score (nSPS) is 9.42. The molecule has 0 aliphatic carbocycles. The van der Waals surface area contributed by atoms with Crippen LogP contribution in [-0.4, -0.2) is 5.78 Å². The molecule has 0 atom stereocenters. The van der Waals surface area contributed by atoms with Crippen molar-refractivity contribution in [3.63, 3.8) is 0 Å². The molecule has 0 radical (unpaired) electrons. The van der Waals surface area contributed by atoms with Gasteiger partial charge < -0.3 is 0 Å². The van der Waals surface area contributed by atoms with Crippen molar-refractivity contribution < 1.29 is 9.18 Å². The van der Waals surface area contributed by atoms with E-state index in [4.69, 9.17) is 0 Å². The highest BCUT2D eigenvalue weighted by molar-refractivity contribution is 6.04. The number of rotatable bonds is 3. The van der Waals surface area contributed by atoms with Gasteiger partial charge in [-0.3, -0.25) is 4.79 Å². The van der Waals surface area contributed by atoms with Crippen LogP contribution in [0.25, 0.3) is 0 Å². The highest BCUT2D eigenvalue weighted by atomic mass is 19.1. The molecule has 0 saturated heterocycles. The highest BCUT2D eigenvalue weighted by Crippen LogP contribution is 2.06. The molecule has 62 valence electrons. The van der Waals surface area contributed by atoms with Gasteiger partial charge in [0.1, 0.15) is 6.67 Å². The molecule has 1 aromatic carbocycles. The van der Waals surface area contributed by atoms with Gasteiger partial charge in [-0.05, 0) is 11.6 Å². The molecule has 0 fully saturated rings. The van der Waals surface area contributed by atoms with E-state index in [0.29, 0.717) is 11.1 Å². The fourth-order valence-corrected chi connectivity index (χ4v) is 0.876. The monoisotopic (exact) mass is 164 g/mol. The minimum absolute atomic E-state index is 0.139. The standard InChI is InChI=1S/C10H9FO/c1-2-10(12)9-5-3-8(7-11)4-6-9/h2-6H,1,7H2. The molecule has 0 saturated carbocycles. The second-order valence-corrected chi connectivity index (χ2v) is 2.40. The van der Waals surface area contributed by atoms with Gasteiger partial charge in [-0.2, -0.15) is 0 Å². The molecular weight excluding hydrogens is 155 g/mol. The minimum Gasteiger partial charge on any atom is -0.289 e. The number of carbonyl (C=O) groups is 1. The van der Waals surface area contributed by atoms with Crippen molar-refractivity contribution >= 4 is 5.78 Å². The molecule has 0 N–H and O–H groups in total. The van der Waals surface area contributed by atoms with E-state index in [2.05, 4.69) is 6.58 Å². The average molecular weight is 164 g/mol. The molecule has 0 aromatic heterocycles. The largest absolute Gasteiger partial charge is 0.289 e. The Morgan fingerprint density at radius 1 is 1.42 bits per heavy atom. The highest BCUT2D eigenvalue weighted by Gasteiger charge is 1.99. The van der Waals surface area contributed by atoms with E-state index in [1.54, 1.807) is 24.3 Å². The zero-order chi connectivity index (χ0) is 8.97. The Morgan fingerprint density at radius 2 is 2.00 bits per heavy atom. The number of carbonyl (C=O) groups excluding carboxylic acids is 1. The number of hydrogen-bond acceptors (Lipinski definition) is 1. The molecule has 0 bridgehead atoms. The van der Waals surface area contributed by atoms with Gasteiger partial charge in [0.05, 0.1) is 0 Å². The van der Waals surface area contributed by atoms with E-state index in [9.17, 15) is 9.18 Å². The average Bonchev–Trinajstić information content (AvgIpc) is 2.17. The van der Waals surface area contributed by atoms with Crippen LogP contribution in [-0.2, 0) is 6.67 Å². The van der Waals surface area contributed by atoms with Crippen LogP contribution in [0.1, 0.15) is 15.9 Å². The maximum absolute atomic E-state index is 12.0. The summed E-state index contributed by atoms with van der Waals surface area (Å²) in [6, 6.07) is 6.38. The maximum atomic E-state index is 12.0. The lowest BCUT2D eigenvalue weighted by Gasteiger charge is -1.96. The Bertz CT molecular complexity index is 287. The van der Waals surface area contributed by atoms with Crippen molar-refractivity contribution in [2.24, 2.45) is 0 Å². The second-order valence-electron chi connectivity index (χ2n) is 2.40. The smallest absolute Gasteiger partial charge is 0.185 e. The Kier molecular flexibility index (Phi) is 2.75. The van der Waals surface area contributed by atoms with Crippen molar-refractivity contribution in [1.29, 1.82) is 0 Å². The molecule has 0 aliphatic rings. The first-order valence-corrected chi connectivity index (χ1v) is 3.59. The molecule has 0 spiro atoms. The first-order chi connectivity index (χ1) is 5.77. The van der Waals surface area contributed by atoms with Crippen molar-refractivity contribution in [2.75, 3.05) is 0 Å². The summed E-state index contributed by atoms with van der Waals surface area (Å²) in [7, 11) is 0. The Hall–Kier alpha value is -1.44. The summed E-state index contributed by atoms with van der Waals surface area (Å²) >= 11 is 0. The number of halogens is 1. The SMILES string of the molecule is C=CC(=O)c1ccc(CF)cc1. The molecule has 0 amide bonds. The van der Waals surface area contributed by atoms with E-state index in [1.165, 1.54) is 6.08 Å². The van der Waals surface area contributed by atoms with Crippen LogP contribution in [0.4, 0.5) is 4.39 Å². The van der Waals surface area contributed by atoms with E-state index in [1.807, 2.05) is 0 Å². The van der Waals surface area contributed by atoms with Crippen LogP contribution in [0.15, 0.2) is 36.9 Å². The number of alkyl halides is 1. The van der Waals surface area contributed by atoms with E-state index < -0.39 is 6.67 Å². The first-order valence-electron chi connectivity index (χ1n) is 3.59. The first kappa shape index (κ1) is 8.65. The predicted octanol–water partition coefficient (Wildman–Crippen LogP) is 2.52. The maximum Gasteiger partial charge on any atom is 0.185 e. The molecule has 1 rings (SSSR count). The van der Waals surface area contributed by atoms with Crippen molar-refractivity contribution in [3.05, 3.63) is 48.0 Å². The zero-order valence-electron chi connectivity index (χ0n) is 6.59. The third-order valence-corrected chi connectivity index (χ3v) is 1.58. The van der Waals surface area contributed by atoms with E-state index in [0.717, 1.165) is 0 Å². The van der Waals surface area contributed by atoms with Gasteiger partial charge in [0.25, 0.3) is 0 Å². The Labute approximate surface area is 70.5 Å². The second kappa shape index (κ2) is 3.81. The van der Waals surface area contributed by atoms with Crippen molar-refractivity contribution in [3.8, 4) is 0 Å². The molecule has 0 heterocycles. The van der Waals surface area contributed by atoms with Gasteiger partial charge >= 0.3 is 0 Å². The Balaban J connectivity index is 2.91. The van der Waals surface area contributed by atoms with Gasteiger partial charge in [0.2, 0.25) is 0 Å². The van der Waals surface area contributed by atoms with Crippen molar-refractivity contribution in [1.82, 2.24) is 0 Å². The molecule has 0 aliphatic heterocycles. The third-order valence-electron chi connectivity index (χ3n) is 1.58. The van der Waals surface area contributed by atoms with Crippen LogP contribution in [0.3, 0.4) is 0 Å². The lowest BCUT2D eigenvalue weighted by molar-refractivity contribution is 0.104. The number of ketones is 1. The summed E-state index contributed by atoms with van der Waals surface area (Å²) in [5.41, 5.74) is 1.12. The van der Waals surface area contributed by atoms with Crippen LogP contribution in [0.5, 0.6) is 0 Å². The predicted molar refractivity (Wildman–Crippen MR) is 45.8 cm³/mol. The summed E-state index contributed by atoms with van der Waals surface area (Å²) in [6.07, 6.45) is 1.24. The number of allylic oxidation sites excluding steroid dienone is 1. The number of benzene rings is 1. The lowest BCUT2D eigenvalue weighted by atomic mass is 10.1. The molecule has 12 heavy (non-hydrogen) atoms. The zero-order valence-corrected chi connectivity index (χ0v) is 6.59. The van der Waals surface area contributed by atoms with Crippen LogP contribution >= 0.6 is 0 Å². The lowest BCUT2D eigenvalue weighted by Crippen LogP contribution is -1.92. The molecular formula is C10H9FO. The summed E-state index contributed by atoms with van der Waals surface area (Å²) in [5, 5.41) is 0. The molecule has 2 heteroatoms. The fraction of sp³-hybridized carbons (Fsp3) is 0.100. The third kappa shape index (κ3) is 1.78.